The van der Waals surface area contributed by atoms with Gasteiger partial charge in [0.2, 0.25) is 0 Å². The maximum absolute atomic E-state index is 4.62. The average Bonchev–Trinajstić information content (AvgIpc) is 3.31. The number of rotatable bonds is 3. The molecule has 5 rings (SSSR count). The molecule has 0 unspecified atom stereocenters. The van der Waals surface area contributed by atoms with E-state index in [1.54, 1.807) is 12.4 Å². The van der Waals surface area contributed by atoms with Crippen LogP contribution >= 0.6 is 0 Å². The lowest BCUT2D eigenvalue weighted by molar-refractivity contribution is 0.756. The van der Waals surface area contributed by atoms with Crippen molar-refractivity contribution in [2.75, 3.05) is 5.32 Å². The summed E-state index contributed by atoms with van der Waals surface area (Å²) in [6.45, 7) is 0. The summed E-state index contributed by atoms with van der Waals surface area (Å²) in [7, 11) is 2.09. The smallest absolute Gasteiger partial charge is 0.0966 e. The van der Waals surface area contributed by atoms with Crippen LogP contribution in [0, 0.1) is 0 Å². The zero-order chi connectivity index (χ0) is 17.5. The summed E-state index contributed by atoms with van der Waals surface area (Å²) in [6.07, 6.45) is 10.8. The van der Waals surface area contributed by atoms with Gasteiger partial charge >= 0.3 is 0 Å². The largest absolute Gasteiger partial charge is 0.382 e. The van der Waals surface area contributed by atoms with Crippen LogP contribution in [-0.2, 0) is 7.05 Å². The Morgan fingerprint density at radius 3 is 2.73 bits per heavy atom. The zero-order valence-electron chi connectivity index (χ0n) is 14.9. The van der Waals surface area contributed by atoms with Gasteiger partial charge in [0.1, 0.15) is 0 Å². The molecule has 0 spiro atoms. The van der Waals surface area contributed by atoms with Crippen LogP contribution in [0.15, 0.2) is 55.0 Å². The summed E-state index contributed by atoms with van der Waals surface area (Å²) >= 11 is 0. The Bertz CT molecular complexity index is 1090. The minimum absolute atomic E-state index is 0.576. The average molecular weight is 342 g/mol. The van der Waals surface area contributed by atoms with Crippen LogP contribution in [-0.4, -0.2) is 20.6 Å². The number of fused-ring (bicyclic) bond motifs is 2. The van der Waals surface area contributed by atoms with Crippen molar-refractivity contribution in [3.63, 3.8) is 0 Å². The fraction of sp³-hybridized carbons (Fsp3) is 0.273. The lowest BCUT2D eigenvalue weighted by Crippen LogP contribution is -2.14. The van der Waals surface area contributed by atoms with Gasteiger partial charge in [-0.1, -0.05) is 25.0 Å². The maximum atomic E-state index is 4.62. The van der Waals surface area contributed by atoms with Crippen molar-refractivity contribution in [3.8, 4) is 11.1 Å². The number of hydrogen-bond donors (Lipinski definition) is 1. The summed E-state index contributed by atoms with van der Waals surface area (Å²) < 4.78 is 2.16. The molecule has 1 N–H and O–H groups in total. The highest BCUT2D eigenvalue weighted by atomic mass is 14.9. The molecule has 1 aliphatic rings. The SMILES string of the molecule is Cn1ccc2ccc(-c3cc(NC4CCCC4)cc4nccnc34)cc21. The van der Waals surface area contributed by atoms with Gasteiger partial charge in [0.25, 0.3) is 0 Å². The Balaban J connectivity index is 1.67. The molecule has 130 valence electrons. The molecule has 2 heterocycles. The molecule has 1 saturated carbocycles. The molecule has 1 fully saturated rings. The van der Waals surface area contributed by atoms with E-state index >= 15 is 0 Å². The minimum atomic E-state index is 0.576. The van der Waals surface area contributed by atoms with Crippen LogP contribution in [0.5, 0.6) is 0 Å². The van der Waals surface area contributed by atoms with Gasteiger partial charge in [0.15, 0.2) is 0 Å². The van der Waals surface area contributed by atoms with Crippen molar-refractivity contribution in [2.24, 2.45) is 7.05 Å². The molecule has 0 bridgehead atoms. The minimum Gasteiger partial charge on any atom is -0.382 e. The number of nitrogens with zero attached hydrogens (tertiary/aromatic N) is 3. The van der Waals surface area contributed by atoms with Gasteiger partial charge in [-0.25, -0.2) is 0 Å². The molecule has 0 aliphatic heterocycles. The van der Waals surface area contributed by atoms with Gasteiger partial charge < -0.3 is 9.88 Å². The van der Waals surface area contributed by atoms with Crippen LogP contribution in [0.25, 0.3) is 33.1 Å². The summed E-state index contributed by atoms with van der Waals surface area (Å²) in [5, 5.41) is 4.97. The first kappa shape index (κ1) is 15.4. The first-order valence-electron chi connectivity index (χ1n) is 9.35. The molecule has 0 atom stereocenters. The first-order chi connectivity index (χ1) is 12.8. The summed E-state index contributed by atoms with van der Waals surface area (Å²) in [5.41, 5.74) is 6.59. The molecule has 4 nitrogen and oxygen atoms in total. The normalized spacial score (nSPS) is 15.1. The standard InChI is InChI=1S/C22H22N4/c1-26-11-8-15-6-7-16(12-21(15)26)19-13-18(25-17-4-2-3-5-17)14-20-22(19)24-10-9-23-20/h6-14,17,25H,2-5H2,1H3. The van der Waals surface area contributed by atoms with Gasteiger partial charge in [-0.2, -0.15) is 0 Å². The van der Waals surface area contributed by atoms with Crippen LogP contribution in [0.4, 0.5) is 5.69 Å². The van der Waals surface area contributed by atoms with Crippen LogP contribution in [0.3, 0.4) is 0 Å². The first-order valence-corrected chi connectivity index (χ1v) is 9.35. The Morgan fingerprint density at radius 2 is 1.85 bits per heavy atom. The third-order valence-corrected chi connectivity index (χ3v) is 5.50. The molecule has 0 saturated heterocycles. The second kappa shape index (κ2) is 6.13. The summed E-state index contributed by atoms with van der Waals surface area (Å²) in [4.78, 5) is 9.19. The van der Waals surface area contributed by atoms with Crippen molar-refractivity contribution >= 4 is 27.6 Å². The van der Waals surface area contributed by atoms with Crippen LogP contribution < -0.4 is 5.32 Å². The Kier molecular flexibility index (Phi) is 3.63. The fourth-order valence-electron chi connectivity index (χ4n) is 4.11. The highest BCUT2D eigenvalue weighted by Crippen LogP contribution is 2.33. The van der Waals surface area contributed by atoms with E-state index in [0.29, 0.717) is 6.04 Å². The Morgan fingerprint density at radius 1 is 1.00 bits per heavy atom. The van der Waals surface area contributed by atoms with E-state index in [2.05, 4.69) is 69.5 Å². The van der Waals surface area contributed by atoms with Crippen LogP contribution in [0.1, 0.15) is 25.7 Å². The van der Waals surface area contributed by atoms with E-state index in [1.165, 1.54) is 42.1 Å². The van der Waals surface area contributed by atoms with Crippen molar-refractivity contribution in [3.05, 3.63) is 55.0 Å². The third kappa shape index (κ3) is 2.62. The lowest BCUT2D eigenvalue weighted by atomic mass is 10.0. The van der Waals surface area contributed by atoms with Crippen molar-refractivity contribution in [1.82, 2.24) is 14.5 Å². The van der Waals surface area contributed by atoms with Gasteiger partial charge in [0.05, 0.1) is 11.0 Å². The second-order valence-corrected chi connectivity index (χ2v) is 7.27. The third-order valence-electron chi connectivity index (χ3n) is 5.50. The molecule has 0 radical (unpaired) electrons. The Labute approximate surface area is 152 Å². The molecule has 0 amide bonds. The van der Waals surface area contributed by atoms with E-state index in [9.17, 15) is 0 Å². The predicted molar refractivity (Wildman–Crippen MR) is 107 cm³/mol. The number of nitrogens with one attached hydrogen (secondary N) is 1. The fourth-order valence-corrected chi connectivity index (χ4v) is 4.11. The number of aryl methyl sites for hydroxylation is 1. The van der Waals surface area contributed by atoms with Gasteiger partial charge in [0, 0.05) is 48.4 Å². The molecule has 4 aromatic rings. The summed E-state index contributed by atoms with van der Waals surface area (Å²) in [6, 6.07) is 13.7. The highest BCUT2D eigenvalue weighted by molar-refractivity contribution is 5.97. The van der Waals surface area contributed by atoms with Gasteiger partial charge in [-0.05, 0) is 48.1 Å². The molecule has 2 aromatic carbocycles. The number of hydrogen-bond acceptors (Lipinski definition) is 3. The molecule has 2 aromatic heterocycles. The van der Waals surface area contributed by atoms with Crippen molar-refractivity contribution in [2.45, 2.75) is 31.7 Å². The maximum Gasteiger partial charge on any atom is 0.0966 e. The molecule has 4 heteroatoms. The molecule has 1 aliphatic carbocycles. The number of aromatic nitrogens is 3. The lowest BCUT2D eigenvalue weighted by Gasteiger charge is -2.16. The molecular weight excluding hydrogens is 320 g/mol. The monoisotopic (exact) mass is 342 g/mol. The van der Waals surface area contributed by atoms with E-state index < -0.39 is 0 Å². The topological polar surface area (TPSA) is 42.7 Å². The second-order valence-electron chi connectivity index (χ2n) is 7.27. The van der Waals surface area contributed by atoms with Gasteiger partial charge in [-0.15, -0.1) is 0 Å². The summed E-state index contributed by atoms with van der Waals surface area (Å²) in [5.74, 6) is 0. The Hall–Kier alpha value is -2.88. The number of benzene rings is 2. The van der Waals surface area contributed by atoms with Crippen molar-refractivity contribution in [1.29, 1.82) is 0 Å². The zero-order valence-corrected chi connectivity index (χ0v) is 14.9. The van der Waals surface area contributed by atoms with E-state index in [1.807, 2.05) is 0 Å². The van der Waals surface area contributed by atoms with E-state index in [0.717, 1.165) is 22.3 Å². The van der Waals surface area contributed by atoms with E-state index in [4.69, 9.17) is 0 Å². The van der Waals surface area contributed by atoms with Crippen molar-refractivity contribution < 1.29 is 0 Å². The number of anilines is 1. The van der Waals surface area contributed by atoms with Gasteiger partial charge in [-0.3, -0.25) is 9.97 Å². The quantitative estimate of drug-likeness (QED) is 0.560. The molecule has 26 heavy (non-hydrogen) atoms. The predicted octanol–water partition coefficient (Wildman–Crippen LogP) is 5.14. The van der Waals surface area contributed by atoms with Crippen LogP contribution in [0.2, 0.25) is 0 Å². The highest BCUT2D eigenvalue weighted by Gasteiger charge is 2.16. The van der Waals surface area contributed by atoms with E-state index in [-0.39, 0.29) is 0 Å². The molecular formula is C22H22N4.